The predicted octanol–water partition coefficient (Wildman–Crippen LogP) is 5.28. The lowest BCUT2D eigenvalue weighted by Crippen LogP contribution is -2.40. The Hall–Kier alpha value is -1.74. The average Bonchev–Trinajstić information content (AvgIpc) is 2.79. The molecule has 1 aliphatic heterocycles. The molecule has 1 atom stereocenters. The van der Waals surface area contributed by atoms with Crippen LogP contribution in [-0.2, 0) is 14.3 Å². The van der Waals surface area contributed by atoms with Gasteiger partial charge in [0.2, 0.25) is 5.91 Å². The first-order valence-corrected chi connectivity index (χ1v) is 13.6. The monoisotopic (exact) mass is 608 g/mol. The number of rotatable bonds is 11. The molecule has 2 N–H and O–H groups in total. The second-order valence-corrected chi connectivity index (χ2v) is 11.0. The van der Waals surface area contributed by atoms with Crippen LogP contribution < -0.4 is 5.32 Å². The van der Waals surface area contributed by atoms with E-state index in [1.54, 1.807) is 0 Å². The number of piperidine rings is 1. The van der Waals surface area contributed by atoms with Crippen molar-refractivity contribution in [3.05, 3.63) is 67.6 Å². The van der Waals surface area contributed by atoms with Gasteiger partial charge in [0.15, 0.2) is 0 Å². The van der Waals surface area contributed by atoms with E-state index in [9.17, 15) is 9.59 Å². The maximum Gasteiger partial charge on any atom is 0.329 e. The van der Waals surface area contributed by atoms with Gasteiger partial charge in [-0.1, -0.05) is 56.1 Å². The Morgan fingerprint density at radius 2 is 1.71 bits per heavy atom. The molecule has 0 saturated carbocycles. The minimum atomic E-state index is -1.08. The summed E-state index contributed by atoms with van der Waals surface area (Å²) in [6.07, 6.45) is 3.15. The molecule has 1 aliphatic rings. The van der Waals surface area contributed by atoms with Crippen LogP contribution in [0.3, 0.4) is 0 Å². The molecule has 3 rings (SSSR count). The van der Waals surface area contributed by atoms with E-state index in [2.05, 4.69) is 92.3 Å². The fraction of sp³-hybridized carbons (Fsp3) is 0.481. The Kier molecular flexibility index (Phi) is 10.8. The highest BCUT2D eigenvalue weighted by Crippen LogP contribution is 2.43. The number of nitrogens with zero attached hydrogens (tertiary/aromatic N) is 1. The number of carboxylic acid groups (broad SMARTS) is 1. The molecule has 2 aromatic carbocycles. The Balaban J connectivity index is 1.65. The molecule has 0 aromatic heterocycles. The van der Waals surface area contributed by atoms with Gasteiger partial charge in [0.25, 0.3) is 0 Å². The van der Waals surface area contributed by atoms with E-state index in [4.69, 9.17) is 9.84 Å². The number of aryl methyl sites for hydroxylation is 2. The second kappa shape index (κ2) is 13.5. The highest BCUT2D eigenvalue weighted by Gasteiger charge is 2.31. The van der Waals surface area contributed by atoms with E-state index >= 15 is 0 Å². The molecule has 1 saturated heterocycles. The first-order valence-electron chi connectivity index (χ1n) is 12.0. The number of halogens is 2. The van der Waals surface area contributed by atoms with Gasteiger partial charge in [-0.05, 0) is 86.5 Å². The number of hydrogen-bond acceptors (Lipinski definition) is 4. The molecule has 1 amide bonds. The van der Waals surface area contributed by atoms with Gasteiger partial charge < -0.3 is 20.1 Å². The minimum Gasteiger partial charge on any atom is -0.480 e. The van der Waals surface area contributed by atoms with Gasteiger partial charge in [-0.15, -0.1) is 0 Å². The van der Waals surface area contributed by atoms with Crippen LogP contribution in [0.25, 0.3) is 0 Å². The Morgan fingerprint density at radius 3 is 2.29 bits per heavy atom. The maximum atomic E-state index is 11.8. The predicted molar refractivity (Wildman–Crippen MR) is 145 cm³/mol. The summed E-state index contributed by atoms with van der Waals surface area (Å²) in [6.45, 7) is 7.06. The first kappa shape index (κ1) is 27.8. The van der Waals surface area contributed by atoms with Crippen LogP contribution in [0.2, 0.25) is 0 Å². The molecule has 8 heteroatoms. The number of benzene rings is 2. The number of hydrogen-bond donors (Lipinski definition) is 2. The molecule has 2 aromatic rings. The number of carboxylic acids is 1. The van der Waals surface area contributed by atoms with Gasteiger partial charge in [-0.25, -0.2) is 4.79 Å². The summed E-state index contributed by atoms with van der Waals surface area (Å²) in [4.78, 5) is 24.8. The average molecular weight is 610 g/mol. The van der Waals surface area contributed by atoms with Crippen molar-refractivity contribution < 1.29 is 19.4 Å². The van der Waals surface area contributed by atoms with E-state index < -0.39 is 12.6 Å². The summed E-state index contributed by atoms with van der Waals surface area (Å²) >= 11 is 7.69. The molecule has 0 radical (unpaired) electrons. The molecular formula is C27H34Br2N2O4. The highest BCUT2D eigenvalue weighted by atomic mass is 79.9. The summed E-state index contributed by atoms with van der Waals surface area (Å²) in [5, 5.41) is 11.4. The smallest absolute Gasteiger partial charge is 0.329 e. The third-order valence-electron chi connectivity index (χ3n) is 6.43. The summed E-state index contributed by atoms with van der Waals surface area (Å²) in [6, 6.07) is 13.3. The van der Waals surface area contributed by atoms with E-state index in [1.807, 2.05) is 0 Å². The van der Waals surface area contributed by atoms with Gasteiger partial charge in [0, 0.05) is 28.0 Å². The summed E-state index contributed by atoms with van der Waals surface area (Å²) in [5.41, 5.74) is 5.12. The number of likely N-dealkylation sites (tertiary alicyclic amines) is 1. The van der Waals surface area contributed by atoms with Crippen LogP contribution in [0.1, 0.15) is 47.4 Å². The fourth-order valence-corrected chi connectivity index (χ4v) is 6.30. The van der Waals surface area contributed by atoms with Crippen LogP contribution >= 0.6 is 31.9 Å². The van der Waals surface area contributed by atoms with E-state index in [1.165, 1.54) is 28.7 Å². The normalized spacial score (nSPS) is 16.4. The van der Waals surface area contributed by atoms with E-state index in [0.717, 1.165) is 41.4 Å². The molecule has 0 spiro atoms. The minimum absolute atomic E-state index is 0.226. The van der Waals surface area contributed by atoms with Crippen molar-refractivity contribution in [1.29, 1.82) is 0 Å². The van der Waals surface area contributed by atoms with E-state index in [0.29, 0.717) is 12.5 Å². The third kappa shape index (κ3) is 8.41. The number of carbonyl (C=O) groups excluding carboxylic acids is 1. The SMILES string of the molecule is Cc1ccc(C(c2ccc(C)cc2Br)C2CCCN(CCCNC(=O)COCC(=O)O)C2)c(Br)c1. The molecule has 6 nitrogen and oxygen atoms in total. The molecule has 1 fully saturated rings. The number of aliphatic carboxylic acids is 1. The molecule has 35 heavy (non-hydrogen) atoms. The van der Waals surface area contributed by atoms with Crippen LogP contribution in [0, 0.1) is 19.8 Å². The van der Waals surface area contributed by atoms with Crippen LogP contribution in [0.15, 0.2) is 45.3 Å². The van der Waals surface area contributed by atoms with Gasteiger partial charge in [-0.3, -0.25) is 4.79 Å². The highest BCUT2D eigenvalue weighted by molar-refractivity contribution is 9.10. The van der Waals surface area contributed by atoms with Gasteiger partial charge in [-0.2, -0.15) is 0 Å². The molecule has 190 valence electrons. The maximum absolute atomic E-state index is 11.8. The molecular weight excluding hydrogens is 576 g/mol. The third-order valence-corrected chi connectivity index (χ3v) is 7.80. The largest absolute Gasteiger partial charge is 0.480 e. The standard InChI is InChI=1S/C27H34Br2N2O4/c1-18-6-8-21(23(28)13-18)27(22-9-7-19(2)14-24(22)29)20-5-3-11-31(15-20)12-4-10-30-25(32)16-35-17-26(33)34/h6-9,13-14,20,27H,3-5,10-12,15-17H2,1-2H3,(H,30,32)(H,33,34). The van der Waals surface area contributed by atoms with E-state index in [-0.39, 0.29) is 18.4 Å². The number of amides is 1. The topological polar surface area (TPSA) is 78.9 Å². The molecule has 1 unspecified atom stereocenters. The zero-order valence-electron chi connectivity index (χ0n) is 20.4. The van der Waals surface area contributed by atoms with Crippen molar-refractivity contribution in [2.24, 2.45) is 5.92 Å². The Bertz CT molecular complexity index is 979. The fourth-order valence-electron chi connectivity index (χ4n) is 4.82. The van der Waals surface area contributed by atoms with Gasteiger partial charge in [0.1, 0.15) is 13.2 Å². The summed E-state index contributed by atoms with van der Waals surface area (Å²) < 4.78 is 7.14. The molecule has 1 heterocycles. The second-order valence-electron chi connectivity index (χ2n) is 9.32. The summed E-state index contributed by atoms with van der Waals surface area (Å²) in [5.74, 6) is -0.614. The van der Waals surface area contributed by atoms with Crippen LogP contribution in [0.4, 0.5) is 0 Å². The van der Waals surface area contributed by atoms with Gasteiger partial charge >= 0.3 is 5.97 Å². The van der Waals surface area contributed by atoms with Crippen LogP contribution in [0.5, 0.6) is 0 Å². The zero-order chi connectivity index (χ0) is 25.4. The van der Waals surface area contributed by atoms with Crippen molar-refractivity contribution >= 4 is 43.7 Å². The Labute approximate surface area is 224 Å². The van der Waals surface area contributed by atoms with Crippen LogP contribution in [-0.4, -0.2) is 61.3 Å². The molecule has 0 bridgehead atoms. The molecule has 0 aliphatic carbocycles. The number of carbonyl (C=O) groups is 2. The first-order chi connectivity index (χ1) is 16.7. The van der Waals surface area contributed by atoms with Gasteiger partial charge in [0.05, 0.1) is 0 Å². The lowest BCUT2D eigenvalue weighted by Gasteiger charge is -2.38. The quantitative estimate of drug-likeness (QED) is 0.339. The number of nitrogens with one attached hydrogen (secondary N) is 1. The zero-order valence-corrected chi connectivity index (χ0v) is 23.5. The lowest BCUT2D eigenvalue weighted by molar-refractivity contribution is -0.143. The lowest BCUT2D eigenvalue weighted by atomic mass is 9.76. The van der Waals surface area contributed by atoms with Crippen molar-refractivity contribution in [2.45, 2.75) is 39.0 Å². The Morgan fingerprint density at radius 1 is 1.09 bits per heavy atom. The van der Waals surface area contributed by atoms with Crippen molar-refractivity contribution in [1.82, 2.24) is 10.2 Å². The van der Waals surface area contributed by atoms with Crippen molar-refractivity contribution in [2.75, 3.05) is 39.4 Å². The number of ether oxygens (including phenoxy) is 1. The summed E-state index contributed by atoms with van der Waals surface area (Å²) in [7, 11) is 0. The van der Waals surface area contributed by atoms with Crippen molar-refractivity contribution in [3.8, 4) is 0 Å². The van der Waals surface area contributed by atoms with Crippen molar-refractivity contribution in [3.63, 3.8) is 0 Å².